The van der Waals surface area contributed by atoms with E-state index >= 15 is 0 Å². The molecule has 1 aromatic carbocycles. The molecule has 2 aromatic rings. The summed E-state index contributed by atoms with van der Waals surface area (Å²) in [4.78, 5) is 24.8. The predicted octanol–water partition coefficient (Wildman–Crippen LogP) is 5.39. The van der Waals surface area contributed by atoms with Crippen LogP contribution in [0.1, 0.15) is 64.6 Å². The first-order valence-corrected chi connectivity index (χ1v) is 11.2. The summed E-state index contributed by atoms with van der Waals surface area (Å²) in [6.45, 7) is 8.15. The van der Waals surface area contributed by atoms with Crippen LogP contribution in [0.15, 0.2) is 24.3 Å². The average Bonchev–Trinajstić information content (AvgIpc) is 3.42. The van der Waals surface area contributed by atoms with Crippen molar-refractivity contribution in [2.24, 2.45) is 0 Å². The minimum absolute atomic E-state index is 0.0392. The van der Waals surface area contributed by atoms with Gasteiger partial charge in [0.1, 0.15) is 0 Å². The van der Waals surface area contributed by atoms with Crippen molar-refractivity contribution in [2.75, 3.05) is 16.8 Å². The van der Waals surface area contributed by atoms with Gasteiger partial charge in [-0.2, -0.15) is 11.8 Å². The first-order valence-electron chi connectivity index (χ1n) is 10.0. The Morgan fingerprint density at radius 1 is 1.14 bits per heavy atom. The average molecular weight is 399 g/mol. The smallest absolute Gasteiger partial charge is 0.224 e. The number of aryl methyl sites for hydroxylation is 3. The lowest BCUT2D eigenvalue weighted by Crippen LogP contribution is -2.13. The zero-order chi connectivity index (χ0) is 20.3. The third kappa shape index (κ3) is 4.88. The zero-order valence-electron chi connectivity index (χ0n) is 17.3. The molecule has 1 aliphatic rings. The zero-order valence-corrected chi connectivity index (χ0v) is 18.1. The molecule has 1 amide bonds. The summed E-state index contributed by atoms with van der Waals surface area (Å²) in [5, 5.41) is 3.02. The lowest BCUT2D eigenvalue weighted by Gasteiger charge is -2.11. The van der Waals surface area contributed by atoms with E-state index in [1.54, 1.807) is 11.8 Å². The molecule has 1 heterocycles. The van der Waals surface area contributed by atoms with Gasteiger partial charge in [-0.1, -0.05) is 18.2 Å². The highest BCUT2D eigenvalue weighted by Gasteiger charge is 2.28. The van der Waals surface area contributed by atoms with Crippen molar-refractivity contribution in [3.63, 3.8) is 0 Å². The van der Waals surface area contributed by atoms with E-state index in [0.29, 0.717) is 18.2 Å². The van der Waals surface area contributed by atoms with Crippen molar-refractivity contribution in [3.05, 3.63) is 52.3 Å². The number of benzene rings is 1. The van der Waals surface area contributed by atoms with Gasteiger partial charge in [0.2, 0.25) is 5.91 Å². The van der Waals surface area contributed by atoms with Gasteiger partial charge in [0, 0.05) is 35.1 Å². The van der Waals surface area contributed by atoms with Crippen molar-refractivity contribution in [2.45, 2.75) is 59.4 Å². The Hall–Kier alpha value is -2.01. The number of carbonyl (C=O) groups is 2. The highest BCUT2D eigenvalue weighted by molar-refractivity contribution is 7.99. The fourth-order valence-corrected chi connectivity index (χ4v) is 4.58. The number of nitrogens with one attached hydrogen (secondary N) is 1. The number of nitrogens with zero attached hydrogens (tertiary/aromatic N) is 1. The van der Waals surface area contributed by atoms with Gasteiger partial charge in [-0.3, -0.25) is 9.59 Å². The molecule has 0 radical (unpaired) electrons. The van der Waals surface area contributed by atoms with Crippen LogP contribution in [0.5, 0.6) is 0 Å². The van der Waals surface area contributed by atoms with Gasteiger partial charge in [-0.25, -0.2) is 0 Å². The van der Waals surface area contributed by atoms with Gasteiger partial charge in [-0.05, 0) is 69.9 Å². The highest BCUT2D eigenvalue weighted by Crippen LogP contribution is 2.38. The molecule has 1 saturated carbocycles. The lowest BCUT2D eigenvalue weighted by atomic mass is 10.1. The van der Waals surface area contributed by atoms with Crippen LogP contribution in [-0.2, 0) is 4.79 Å². The summed E-state index contributed by atoms with van der Waals surface area (Å²) < 4.78 is 2.32. The van der Waals surface area contributed by atoms with Crippen LogP contribution in [-0.4, -0.2) is 27.8 Å². The van der Waals surface area contributed by atoms with Crippen LogP contribution in [0.4, 0.5) is 5.69 Å². The molecule has 150 valence electrons. The number of anilines is 1. The molecule has 0 aliphatic heterocycles. The van der Waals surface area contributed by atoms with Crippen molar-refractivity contribution < 1.29 is 9.59 Å². The number of thioether (sulfide) groups is 1. The number of ketones is 1. The molecule has 0 unspecified atom stereocenters. The second kappa shape index (κ2) is 8.99. The molecule has 1 fully saturated rings. The Labute approximate surface area is 172 Å². The second-order valence-electron chi connectivity index (χ2n) is 7.78. The van der Waals surface area contributed by atoms with Gasteiger partial charge >= 0.3 is 0 Å². The molecule has 1 aliphatic carbocycles. The van der Waals surface area contributed by atoms with E-state index in [2.05, 4.69) is 23.7 Å². The Kier molecular flexibility index (Phi) is 6.65. The number of carbonyl (C=O) groups excluding carboxylic acids is 2. The van der Waals surface area contributed by atoms with E-state index in [-0.39, 0.29) is 11.7 Å². The number of Topliss-reactive ketones (excluding diaryl/α,β-unsaturated/α-hetero) is 1. The molecule has 0 saturated heterocycles. The standard InChI is InChI=1S/C23H30N2O2S/c1-15-7-5-8-16(2)23(15)24-22(27)9-6-12-28-14-21(26)20-13-17(3)25(18(20)4)19-10-11-19/h5,7-8,13,19H,6,9-12,14H2,1-4H3,(H,24,27). The first-order chi connectivity index (χ1) is 13.4. The first kappa shape index (κ1) is 20.7. The predicted molar refractivity (Wildman–Crippen MR) is 118 cm³/mol. The molecule has 28 heavy (non-hydrogen) atoms. The fraction of sp³-hybridized carbons (Fsp3) is 0.478. The number of aromatic nitrogens is 1. The van der Waals surface area contributed by atoms with E-state index in [4.69, 9.17) is 0 Å². The molecule has 0 spiro atoms. The summed E-state index contributed by atoms with van der Waals surface area (Å²) in [6.07, 6.45) is 3.70. The van der Waals surface area contributed by atoms with Crippen LogP contribution < -0.4 is 5.32 Å². The number of hydrogen-bond donors (Lipinski definition) is 1. The van der Waals surface area contributed by atoms with Gasteiger partial charge in [0.05, 0.1) is 5.75 Å². The molecule has 5 heteroatoms. The summed E-state index contributed by atoms with van der Waals surface area (Å²) in [5.41, 5.74) is 6.25. The second-order valence-corrected chi connectivity index (χ2v) is 8.89. The van der Waals surface area contributed by atoms with Crippen molar-refractivity contribution in [1.29, 1.82) is 0 Å². The van der Waals surface area contributed by atoms with E-state index in [0.717, 1.165) is 40.2 Å². The molecular formula is C23H30N2O2S. The van der Waals surface area contributed by atoms with Crippen LogP contribution in [0.25, 0.3) is 0 Å². The van der Waals surface area contributed by atoms with Gasteiger partial charge < -0.3 is 9.88 Å². The SMILES string of the molecule is Cc1cccc(C)c1NC(=O)CCCSCC(=O)c1cc(C)n(C2CC2)c1C. The summed E-state index contributed by atoms with van der Waals surface area (Å²) in [7, 11) is 0. The molecule has 4 nitrogen and oxygen atoms in total. The number of hydrogen-bond acceptors (Lipinski definition) is 3. The van der Waals surface area contributed by atoms with Crippen LogP contribution in [0.3, 0.4) is 0 Å². The highest BCUT2D eigenvalue weighted by atomic mass is 32.2. The van der Waals surface area contributed by atoms with Crippen LogP contribution in [0, 0.1) is 27.7 Å². The van der Waals surface area contributed by atoms with Crippen molar-refractivity contribution in [3.8, 4) is 0 Å². The summed E-state index contributed by atoms with van der Waals surface area (Å²) >= 11 is 1.62. The third-order valence-corrected chi connectivity index (χ3v) is 6.41. The van der Waals surface area contributed by atoms with Gasteiger partial charge in [0.25, 0.3) is 0 Å². The molecule has 3 rings (SSSR count). The van der Waals surface area contributed by atoms with Crippen LogP contribution in [0.2, 0.25) is 0 Å². The summed E-state index contributed by atoms with van der Waals surface area (Å²) in [5.74, 6) is 1.53. The maximum absolute atomic E-state index is 12.6. The van der Waals surface area contributed by atoms with Gasteiger partial charge in [0.15, 0.2) is 5.78 Å². The maximum Gasteiger partial charge on any atom is 0.224 e. The largest absolute Gasteiger partial charge is 0.345 e. The van der Waals surface area contributed by atoms with E-state index in [1.165, 1.54) is 18.5 Å². The quantitative estimate of drug-likeness (QED) is 0.455. The molecule has 0 atom stereocenters. The Morgan fingerprint density at radius 3 is 2.46 bits per heavy atom. The maximum atomic E-state index is 12.6. The minimum atomic E-state index is 0.0392. The van der Waals surface area contributed by atoms with Crippen LogP contribution >= 0.6 is 11.8 Å². The number of amides is 1. The van der Waals surface area contributed by atoms with Crippen molar-refractivity contribution >= 4 is 29.1 Å². The number of rotatable bonds is 9. The fourth-order valence-electron chi connectivity index (χ4n) is 3.74. The Balaban J connectivity index is 1.41. The van der Waals surface area contributed by atoms with Crippen molar-refractivity contribution in [1.82, 2.24) is 4.57 Å². The third-order valence-electron chi connectivity index (χ3n) is 5.37. The topological polar surface area (TPSA) is 51.1 Å². The van der Waals surface area contributed by atoms with E-state index in [9.17, 15) is 9.59 Å². The molecular weight excluding hydrogens is 368 g/mol. The Bertz CT molecular complexity index is 861. The normalized spacial score (nSPS) is 13.6. The van der Waals surface area contributed by atoms with Gasteiger partial charge in [-0.15, -0.1) is 0 Å². The number of para-hydroxylation sites is 1. The monoisotopic (exact) mass is 398 g/mol. The van der Waals surface area contributed by atoms with E-state index in [1.807, 2.05) is 38.1 Å². The molecule has 1 N–H and O–H groups in total. The lowest BCUT2D eigenvalue weighted by molar-refractivity contribution is -0.116. The molecule has 0 bridgehead atoms. The summed E-state index contributed by atoms with van der Waals surface area (Å²) in [6, 6.07) is 8.64. The van der Waals surface area contributed by atoms with E-state index < -0.39 is 0 Å². The molecule has 1 aromatic heterocycles. The minimum Gasteiger partial charge on any atom is -0.345 e. The Morgan fingerprint density at radius 2 is 1.82 bits per heavy atom.